The Bertz CT molecular complexity index is 404. The fourth-order valence-electron chi connectivity index (χ4n) is 2.95. The minimum atomic E-state index is 0.437. The first kappa shape index (κ1) is 12.0. The van der Waals surface area contributed by atoms with Crippen molar-refractivity contribution in [2.75, 3.05) is 13.7 Å². The molecule has 0 heterocycles. The van der Waals surface area contributed by atoms with Crippen LogP contribution in [0.25, 0.3) is 0 Å². The molecule has 1 unspecified atom stereocenters. The van der Waals surface area contributed by atoms with E-state index < -0.39 is 0 Å². The third-order valence-corrected chi connectivity index (χ3v) is 4.71. The van der Waals surface area contributed by atoms with E-state index in [2.05, 4.69) is 24.4 Å². The zero-order chi connectivity index (χ0) is 12.6. The smallest absolute Gasteiger partial charge is 0.118 e. The topological polar surface area (TPSA) is 21.3 Å². The summed E-state index contributed by atoms with van der Waals surface area (Å²) in [6.07, 6.45) is 5.83. The maximum Gasteiger partial charge on any atom is 0.118 e. The van der Waals surface area contributed by atoms with Crippen LogP contribution in [-0.2, 0) is 0 Å². The van der Waals surface area contributed by atoms with Crippen molar-refractivity contribution in [1.29, 1.82) is 0 Å². The van der Waals surface area contributed by atoms with Crippen molar-refractivity contribution in [2.24, 2.45) is 11.3 Å². The molecule has 1 aromatic carbocycles. The van der Waals surface area contributed by atoms with Crippen molar-refractivity contribution in [1.82, 2.24) is 5.32 Å². The van der Waals surface area contributed by atoms with Gasteiger partial charge in [0.05, 0.1) is 7.11 Å². The molecule has 1 aromatic rings. The zero-order valence-electron chi connectivity index (χ0n) is 11.4. The molecule has 0 spiro atoms. The Hall–Kier alpha value is -1.02. The summed E-state index contributed by atoms with van der Waals surface area (Å²) >= 11 is 0. The SMILES string of the molecule is COc1ccc(C(C)NCC2(C3CC3)CC2)cc1. The molecule has 1 atom stereocenters. The van der Waals surface area contributed by atoms with Crippen LogP contribution >= 0.6 is 0 Å². The summed E-state index contributed by atoms with van der Waals surface area (Å²) < 4.78 is 5.19. The molecule has 0 amide bonds. The van der Waals surface area contributed by atoms with Gasteiger partial charge in [0.25, 0.3) is 0 Å². The van der Waals surface area contributed by atoms with Crippen molar-refractivity contribution >= 4 is 0 Å². The second-order valence-electron chi connectivity index (χ2n) is 6.01. The lowest BCUT2D eigenvalue weighted by atomic mass is 9.99. The Morgan fingerprint density at radius 3 is 2.44 bits per heavy atom. The van der Waals surface area contributed by atoms with E-state index >= 15 is 0 Å². The molecular formula is C16H23NO. The summed E-state index contributed by atoms with van der Waals surface area (Å²) in [4.78, 5) is 0. The van der Waals surface area contributed by atoms with Gasteiger partial charge in [-0.25, -0.2) is 0 Å². The molecule has 18 heavy (non-hydrogen) atoms. The molecule has 2 aliphatic rings. The first-order valence-corrected chi connectivity index (χ1v) is 7.11. The molecule has 1 N–H and O–H groups in total. The summed E-state index contributed by atoms with van der Waals surface area (Å²) in [7, 11) is 1.71. The van der Waals surface area contributed by atoms with Crippen molar-refractivity contribution in [3.05, 3.63) is 29.8 Å². The lowest BCUT2D eigenvalue weighted by Crippen LogP contribution is -2.27. The van der Waals surface area contributed by atoms with Crippen molar-refractivity contribution in [2.45, 2.75) is 38.6 Å². The van der Waals surface area contributed by atoms with Crippen LogP contribution < -0.4 is 10.1 Å². The number of benzene rings is 1. The van der Waals surface area contributed by atoms with Crippen LogP contribution in [0.3, 0.4) is 0 Å². The molecule has 0 saturated heterocycles. The molecule has 0 aliphatic heterocycles. The third kappa shape index (κ3) is 2.39. The average molecular weight is 245 g/mol. The predicted molar refractivity (Wildman–Crippen MR) is 73.8 cm³/mol. The minimum absolute atomic E-state index is 0.437. The number of nitrogens with one attached hydrogen (secondary N) is 1. The van der Waals surface area contributed by atoms with E-state index in [-0.39, 0.29) is 0 Å². The molecule has 2 aliphatic carbocycles. The first-order valence-electron chi connectivity index (χ1n) is 7.11. The molecule has 0 bridgehead atoms. The van der Waals surface area contributed by atoms with Gasteiger partial charge >= 0.3 is 0 Å². The highest BCUT2D eigenvalue weighted by molar-refractivity contribution is 5.28. The predicted octanol–water partition coefficient (Wildman–Crippen LogP) is 3.54. The highest BCUT2D eigenvalue weighted by Crippen LogP contribution is 2.60. The van der Waals surface area contributed by atoms with Gasteiger partial charge in [-0.3, -0.25) is 0 Å². The number of ether oxygens (including phenoxy) is 1. The molecule has 2 heteroatoms. The first-order chi connectivity index (χ1) is 8.73. The lowest BCUT2D eigenvalue weighted by molar-refractivity contribution is 0.381. The van der Waals surface area contributed by atoms with E-state index in [1.54, 1.807) is 7.11 Å². The summed E-state index contributed by atoms with van der Waals surface area (Å²) in [6, 6.07) is 8.84. The van der Waals surface area contributed by atoms with E-state index in [0.29, 0.717) is 11.5 Å². The molecular weight excluding hydrogens is 222 g/mol. The lowest BCUT2D eigenvalue weighted by Gasteiger charge is -2.20. The molecule has 0 radical (unpaired) electrons. The maximum absolute atomic E-state index is 5.19. The van der Waals surface area contributed by atoms with Gasteiger partial charge in [0.1, 0.15) is 5.75 Å². The van der Waals surface area contributed by atoms with E-state index in [9.17, 15) is 0 Å². The van der Waals surface area contributed by atoms with Crippen LogP contribution in [0.2, 0.25) is 0 Å². The fourth-order valence-corrected chi connectivity index (χ4v) is 2.95. The van der Waals surface area contributed by atoms with Gasteiger partial charge in [-0.1, -0.05) is 12.1 Å². The second kappa shape index (κ2) is 4.58. The average Bonchev–Trinajstić information content (AvgIpc) is 3.28. The van der Waals surface area contributed by atoms with Gasteiger partial charge in [0.15, 0.2) is 0 Å². The second-order valence-corrected chi connectivity index (χ2v) is 6.01. The number of methoxy groups -OCH3 is 1. The molecule has 2 fully saturated rings. The van der Waals surface area contributed by atoms with Gasteiger partial charge in [-0.15, -0.1) is 0 Å². The molecule has 2 saturated carbocycles. The summed E-state index contributed by atoms with van der Waals surface area (Å²) in [5.41, 5.74) is 2.03. The number of hydrogen-bond donors (Lipinski definition) is 1. The Kier molecular flexibility index (Phi) is 3.06. The maximum atomic E-state index is 5.19. The molecule has 0 aromatic heterocycles. The van der Waals surface area contributed by atoms with E-state index in [4.69, 9.17) is 4.74 Å². The largest absolute Gasteiger partial charge is 0.497 e. The summed E-state index contributed by atoms with van der Waals surface area (Å²) in [5, 5.41) is 3.72. The van der Waals surface area contributed by atoms with E-state index in [1.165, 1.54) is 37.8 Å². The van der Waals surface area contributed by atoms with Crippen molar-refractivity contribution < 1.29 is 4.74 Å². The van der Waals surface area contributed by atoms with Crippen LogP contribution in [0, 0.1) is 11.3 Å². The van der Waals surface area contributed by atoms with Crippen LogP contribution in [0.15, 0.2) is 24.3 Å². The highest BCUT2D eigenvalue weighted by atomic mass is 16.5. The highest BCUT2D eigenvalue weighted by Gasteiger charge is 2.53. The minimum Gasteiger partial charge on any atom is -0.497 e. The molecule has 2 nitrogen and oxygen atoms in total. The van der Waals surface area contributed by atoms with E-state index in [0.717, 1.165) is 11.7 Å². The third-order valence-electron chi connectivity index (χ3n) is 4.71. The number of rotatable bonds is 6. The Morgan fingerprint density at radius 1 is 1.28 bits per heavy atom. The van der Waals surface area contributed by atoms with Crippen molar-refractivity contribution in [3.8, 4) is 5.75 Å². The molecule has 98 valence electrons. The quantitative estimate of drug-likeness (QED) is 0.827. The van der Waals surface area contributed by atoms with Gasteiger partial charge in [0, 0.05) is 12.6 Å². The summed E-state index contributed by atoms with van der Waals surface area (Å²) in [6.45, 7) is 3.45. The van der Waals surface area contributed by atoms with Gasteiger partial charge < -0.3 is 10.1 Å². The van der Waals surface area contributed by atoms with Gasteiger partial charge in [0.2, 0.25) is 0 Å². The molecule has 3 rings (SSSR count). The van der Waals surface area contributed by atoms with Crippen LogP contribution in [-0.4, -0.2) is 13.7 Å². The van der Waals surface area contributed by atoms with Gasteiger partial charge in [-0.05, 0) is 61.6 Å². The Morgan fingerprint density at radius 2 is 1.94 bits per heavy atom. The normalized spacial score (nSPS) is 22.6. The van der Waals surface area contributed by atoms with Gasteiger partial charge in [-0.2, -0.15) is 0 Å². The Balaban J connectivity index is 1.55. The zero-order valence-corrected chi connectivity index (χ0v) is 11.4. The summed E-state index contributed by atoms with van der Waals surface area (Å²) in [5.74, 6) is 1.97. The standard InChI is InChI=1S/C16H23NO/c1-12(13-3-7-15(18-2)8-4-13)17-11-16(9-10-16)14-5-6-14/h3-4,7-8,12,14,17H,5-6,9-11H2,1-2H3. The fraction of sp³-hybridized carbons (Fsp3) is 0.625. The van der Waals surface area contributed by atoms with Crippen LogP contribution in [0.5, 0.6) is 5.75 Å². The van der Waals surface area contributed by atoms with Crippen LogP contribution in [0.1, 0.15) is 44.2 Å². The number of hydrogen-bond acceptors (Lipinski definition) is 2. The monoisotopic (exact) mass is 245 g/mol. The Labute approximate surface area is 110 Å². The van der Waals surface area contributed by atoms with E-state index in [1.807, 2.05) is 12.1 Å². The van der Waals surface area contributed by atoms with Crippen LogP contribution in [0.4, 0.5) is 0 Å². The van der Waals surface area contributed by atoms with Crippen molar-refractivity contribution in [3.63, 3.8) is 0 Å².